The van der Waals surface area contributed by atoms with Gasteiger partial charge in [0.1, 0.15) is 17.4 Å². The van der Waals surface area contributed by atoms with Gasteiger partial charge in [-0.2, -0.15) is 0 Å². The number of oxazole rings is 1. The Labute approximate surface area is 157 Å². The zero-order chi connectivity index (χ0) is 18.0. The molecular weight excluding hydrogens is 389 g/mol. The molecule has 4 aromatic rings. The van der Waals surface area contributed by atoms with Crippen LogP contribution in [0.1, 0.15) is 5.69 Å². The lowest BCUT2D eigenvalue weighted by Gasteiger charge is -1.98. The molecule has 1 aromatic carbocycles. The molecule has 0 radical (unpaired) electrons. The minimum atomic E-state index is -0.959. The fourth-order valence-corrected chi connectivity index (χ4v) is 2.57. The van der Waals surface area contributed by atoms with E-state index in [1.807, 2.05) is 12.1 Å². The monoisotopic (exact) mass is 397 g/mol. The van der Waals surface area contributed by atoms with Crippen molar-refractivity contribution in [1.29, 1.82) is 0 Å². The third-order valence-corrected chi connectivity index (χ3v) is 4.22. The van der Waals surface area contributed by atoms with Crippen molar-refractivity contribution in [3.8, 4) is 11.5 Å². The van der Waals surface area contributed by atoms with Crippen molar-refractivity contribution >= 4 is 51.9 Å². The molecule has 3 aromatic heterocycles. The van der Waals surface area contributed by atoms with Crippen molar-refractivity contribution in [3.05, 3.63) is 63.4 Å². The first-order valence-electron chi connectivity index (χ1n) is 7.01. The molecule has 0 spiro atoms. The summed E-state index contributed by atoms with van der Waals surface area (Å²) in [7, 11) is 0. The van der Waals surface area contributed by atoms with Crippen LogP contribution in [0.15, 0.2) is 51.5 Å². The van der Waals surface area contributed by atoms with Crippen LogP contribution in [0.3, 0.4) is 0 Å². The number of rotatable bonds is 3. The van der Waals surface area contributed by atoms with Gasteiger partial charge in [-0.25, -0.2) is 4.98 Å². The van der Waals surface area contributed by atoms with Crippen LogP contribution in [0, 0.1) is 0 Å². The van der Waals surface area contributed by atoms with E-state index in [4.69, 9.17) is 48.7 Å². The van der Waals surface area contributed by atoms with Crippen LogP contribution in [-0.4, -0.2) is 16.1 Å². The Kier molecular flexibility index (Phi) is 5.18. The van der Waals surface area contributed by atoms with E-state index in [1.165, 1.54) is 6.26 Å². The van der Waals surface area contributed by atoms with E-state index in [0.29, 0.717) is 32.2 Å². The lowest BCUT2D eigenvalue weighted by Crippen LogP contribution is -1.99. The summed E-state index contributed by atoms with van der Waals surface area (Å²) >= 11 is 17.3. The number of benzene rings is 2. The molecule has 0 aliphatic heterocycles. The van der Waals surface area contributed by atoms with Crippen LogP contribution >= 0.6 is 34.8 Å². The highest BCUT2D eigenvalue weighted by molar-refractivity contribution is 6.42. The summed E-state index contributed by atoms with van der Waals surface area (Å²) in [6.45, 7) is 0. The van der Waals surface area contributed by atoms with Crippen LogP contribution in [0.5, 0.6) is 0 Å². The topological polar surface area (TPSA) is 76.5 Å². The average molecular weight is 399 g/mol. The van der Waals surface area contributed by atoms with Crippen molar-refractivity contribution in [2.24, 2.45) is 0 Å². The highest BCUT2D eigenvalue weighted by Gasteiger charge is 2.10. The normalized spacial score (nSPS) is 10.7. The third-order valence-electron chi connectivity index (χ3n) is 3.18. The van der Waals surface area contributed by atoms with Crippen LogP contribution in [0.2, 0.25) is 15.1 Å². The van der Waals surface area contributed by atoms with Gasteiger partial charge >= 0.3 is 5.97 Å². The zero-order valence-electron chi connectivity index (χ0n) is 12.5. The standard InChI is InChI=1S/C11H7Cl2NO3.C6H3ClO/c12-8-2-1-6(3-9(8)13)11-14-7(5-17-11)4-10(15)16;7-5-3-4-1-2-6(5)8-4/h1-3,5H,4H2,(H,15,16);1-3H. The Morgan fingerprint density at radius 3 is 2.36 bits per heavy atom. The first-order chi connectivity index (χ1) is 11.9. The van der Waals surface area contributed by atoms with Crippen LogP contribution in [0.25, 0.3) is 22.6 Å². The maximum absolute atomic E-state index is 10.5. The van der Waals surface area contributed by atoms with E-state index in [2.05, 4.69) is 4.98 Å². The third kappa shape index (κ3) is 4.25. The predicted octanol–water partition coefficient (Wildman–Crippen LogP) is 5.80. The van der Waals surface area contributed by atoms with Gasteiger partial charge in [0.05, 0.1) is 27.2 Å². The quantitative estimate of drug-likeness (QED) is 0.472. The minimum Gasteiger partial charge on any atom is -0.481 e. The molecule has 128 valence electrons. The molecule has 3 heterocycles. The summed E-state index contributed by atoms with van der Waals surface area (Å²) in [5, 5.41) is 10.1. The predicted molar refractivity (Wildman–Crippen MR) is 95.7 cm³/mol. The number of carboxylic acid groups (broad SMARTS) is 1. The molecule has 8 heteroatoms. The Morgan fingerprint density at radius 2 is 1.84 bits per heavy atom. The SMILES string of the molecule is Clc1cc2ccc1o2.O=C(O)Cc1coc(-c2ccc(Cl)c(Cl)c2)n1. The van der Waals surface area contributed by atoms with Crippen LogP contribution in [0.4, 0.5) is 0 Å². The number of halogens is 3. The van der Waals surface area contributed by atoms with Gasteiger partial charge in [0, 0.05) is 11.6 Å². The Balaban J connectivity index is 0.000000188. The number of furan rings is 2. The van der Waals surface area contributed by atoms with E-state index in [0.717, 1.165) is 11.2 Å². The average Bonchev–Trinajstić information content (AvgIpc) is 3.27. The molecule has 4 rings (SSSR count). The van der Waals surface area contributed by atoms with Crippen molar-refractivity contribution in [1.82, 2.24) is 4.98 Å². The Hall–Kier alpha value is -2.21. The first kappa shape index (κ1) is 17.6. The van der Waals surface area contributed by atoms with Crippen molar-refractivity contribution in [2.45, 2.75) is 6.42 Å². The first-order valence-corrected chi connectivity index (χ1v) is 8.15. The van der Waals surface area contributed by atoms with E-state index in [9.17, 15) is 4.79 Å². The number of nitrogens with zero attached hydrogens (tertiary/aromatic N) is 1. The molecule has 0 saturated carbocycles. The number of carboxylic acids is 1. The maximum Gasteiger partial charge on any atom is 0.309 e. The molecule has 0 atom stereocenters. The molecule has 1 N–H and O–H groups in total. The summed E-state index contributed by atoms with van der Waals surface area (Å²) in [5.74, 6) is -0.640. The van der Waals surface area contributed by atoms with Gasteiger partial charge in [-0.15, -0.1) is 0 Å². The molecule has 0 unspecified atom stereocenters. The Bertz CT molecular complexity index is 1010. The molecule has 25 heavy (non-hydrogen) atoms. The van der Waals surface area contributed by atoms with Gasteiger partial charge in [0.2, 0.25) is 5.89 Å². The number of aromatic nitrogens is 1. The van der Waals surface area contributed by atoms with Gasteiger partial charge in [-0.3, -0.25) is 4.79 Å². The lowest BCUT2D eigenvalue weighted by atomic mass is 10.2. The van der Waals surface area contributed by atoms with Crippen molar-refractivity contribution in [2.75, 3.05) is 0 Å². The second-order valence-corrected chi connectivity index (χ2v) is 6.26. The largest absolute Gasteiger partial charge is 0.481 e. The highest BCUT2D eigenvalue weighted by atomic mass is 35.5. The van der Waals surface area contributed by atoms with Crippen LogP contribution < -0.4 is 0 Å². The lowest BCUT2D eigenvalue weighted by molar-refractivity contribution is -0.136. The van der Waals surface area contributed by atoms with Gasteiger partial charge in [0.25, 0.3) is 0 Å². The molecule has 0 aliphatic rings. The summed E-state index contributed by atoms with van der Waals surface area (Å²) in [6, 6.07) is 10.5. The molecule has 5 nitrogen and oxygen atoms in total. The van der Waals surface area contributed by atoms with E-state index in [1.54, 1.807) is 24.3 Å². The van der Waals surface area contributed by atoms with Gasteiger partial charge in [-0.05, 0) is 30.3 Å². The van der Waals surface area contributed by atoms with E-state index < -0.39 is 5.97 Å². The van der Waals surface area contributed by atoms with Gasteiger partial charge in [-0.1, -0.05) is 34.8 Å². The maximum atomic E-state index is 10.5. The molecule has 0 fully saturated rings. The Morgan fingerprint density at radius 1 is 1.04 bits per heavy atom. The van der Waals surface area contributed by atoms with Crippen molar-refractivity contribution in [3.63, 3.8) is 0 Å². The molecule has 0 saturated heterocycles. The van der Waals surface area contributed by atoms with Gasteiger partial charge in [0.15, 0.2) is 0 Å². The van der Waals surface area contributed by atoms with E-state index >= 15 is 0 Å². The minimum absolute atomic E-state index is 0.176. The number of fused-ring (bicyclic) bond motifs is 2. The van der Waals surface area contributed by atoms with Crippen molar-refractivity contribution < 1.29 is 18.7 Å². The van der Waals surface area contributed by atoms with Gasteiger partial charge < -0.3 is 13.9 Å². The fourth-order valence-electron chi connectivity index (χ4n) is 2.06. The smallest absolute Gasteiger partial charge is 0.309 e. The zero-order valence-corrected chi connectivity index (χ0v) is 14.8. The fraction of sp³-hybridized carbons (Fsp3) is 0.0588. The number of hydrogen-bond acceptors (Lipinski definition) is 4. The molecule has 0 amide bonds. The summed E-state index contributed by atoms with van der Waals surface area (Å²) in [4.78, 5) is 14.5. The number of carbonyl (C=O) groups is 1. The molecule has 2 bridgehead atoms. The summed E-state index contributed by atoms with van der Waals surface area (Å²) in [5.41, 5.74) is 2.64. The molecular formula is C17H10Cl3NO4. The molecule has 0 aliphatic carbocycles. The summed E-state index contributed by atoms with van der Waals surface area (Å²) in [6.07, 6.45) is 1.14. The number of hydrogen-bond donors (Lipinski definition) is 1. The van der Waals surface area contributed by atoms with Crippen LogP contribution in [-0.2, 0) is 11.2 Å². The summed E-state index contributed by atoms with van der Waals surface area (Å²) < 4.78 is 10.3. The number of aliphatic carboxylic acids is 1. The second-order valence-electron chi connectivity index (χ2n) is 5.04. The highest BCUT2D eigenvalue weighted by Crippen LogP contribution is 2.28. The van der Waals surface area contributed by atoms with E-state index in [-0.39, 0.29) is 6.42 Å². The second kappa shape index (κ2) is 7.35.